The molecular weight excluding hydrogens is 140 g/mol. The standard InChI is InChI=1S/C5H10O3S/c1-2-5(7)8-9-4-3-6/h6H,2-4H2,1H3. The Balaban J connectivity index is 2.97. The average Bonchev–Trinajstić information content (AvgIpc) is 1.89. The molecule has 0 aliphatic heterocycles. The number of aliphatic hydroxyl groups is 1. The smallest absolute Gasteiger partial charge is 0.317 e. The Morgan fingerprint density at radius 1 is 1.78 bits per heavy atom. The summed E-state index contributed by atoms with van der Waals surface area (Å²) in [7, 11) is 0. The Labute approximate surface area is 58.6 Å². The van der Waals surface area contributed by atoms with E-state index in [4.69, 9.17) is 5.11 Å². The van der Waals surface area contributed by atoms with E-state index in [1.165, 1.54) is 0 Å². The molecule has 0 spiro atoms. The first-order valence-electron chi connectivity index (χ1n) is 2.74. The first-order chi connectivity index (χ1) is 4.31. The predicted molar refractivity (Wildman–Crippen MR) is 35.9 cm³/mol. The molecule has 0 radical (unpaired) electrons. The SMILES string of the molecule is CCC(=O)OSCCO. The third-order valence-electron chi connectivity index (χ3n) is 0.615. The topological polar surface area (TPSA) is 46.5 Å². The molecule has 0 rings (SSSR count). The van der Waals surface area contributed by atoms with Crippen LogP contribution in [0.2, 0.25) is 0 Å². The highest BCUT2D eigenvalue weighted by Gasteiger charge is 1.96. The fourth-order valence-corrected chi connectivity index (χ4v) is 0.611. The molecule has 54 valence electrons. The minimum atomic E-state index is -0.242. The van der Waals surface area contributed by atoms with E-state index < -0.39 is 0 Å². The van der Waals surface area contributed by atoms with E-state index in [1.807, 2.05) is 0 Å². The van der Waals surface area contributed by atoms with Gasteiger partial charge in [0.25, 0.3) is 0 Å². The Hall–Kier alpha value is -0.220. The maximum Gasteiger partial charge on any atom is 0.317 e. The Kier molecular flexibility index (Phi) is 5.76. The van der Waals surface area contributed by atoms with Crippen molar-refractivity contribution in [2.24, 2.45) is 0 Å². The summed E-state index contributed by atoms with van der Waals surface area (Å²) in [5.41, 5.74) is 0. The molecule has 0 atom stereocenters. The van der Waals surface area contributed by atoms with Crippen molar-refractivity contribution in [3.8, 4) is 0 Å². The molecule has 0 heterocycles. The van der Waals surface area contributed by atoms with Gasteiger partial charge in [-0.15, -0.1) is 0 Å². The summed E-state index contributed by atoms with van der Waals surface area (Å²) in [6.45, 7) is 1.77. The largest absolute Gasteiger partial charge is 0.395 e. The fraction of sp³-hybridized carbons (Fsp3) is 0.800. The third kappa shape index (κ3) is 5.65. The van der Waals surface area contributed by atoms with Gasteiger partial charge in [-0.2, -0.15) is 0 Å². The summed E-state index contributed by atoms with van der Waals surface area (Å²) in [6.07, 6.45) is 0.387. The lowest BCUT2D eigenvalue weighted by molar-refractivity contribution is -0.132. The van der Waals surface area contributed by atoms with Crippen LogP contribution in [0.3, 0.4) is 0 Å². The van der Waals surface area contributed by atoms with Crippen molar-refractivity contribution < 1.29 is 14.1 Å². The first kappa shape index (κ1) is 8.78. The summed E-state index contributed by atoms with van der Waals surface area (Å²) in [4.78, 5) is 10.4. The van der Waals surface area contributed by atoms with Gasteiger partial charge in [-0.3, -0.25) is 4.79 Å². The van der Waals surface area contributed by atoms with Gasteiger partial charge in [0.15, 0.2) is 0 Å². The normalized spacial score (nSPS) is 9.11. The summed E-state index contributed by atoms with van der Waals surface area (Å²) in [5, 5.41) is 8.24. The molecule has 1 N–H and O–H groups in total. The highest BCUT2D eigenvalue weighted by atomic mass is 32.2. The van der Waals surface area contributed by atoms with Gasteiger partial charge in [-0.05, 0) is 0 Å². The van der Waals surface area contributed by atoms with Gasteiger partial charge in [-0.25, -0.2) is 0 Å². The van der Waals surface area contributed by atoms with Crippen LogP contribution in [0.1, 0.15) is 13.3 Å². The van der Waals surface area contributed by atoms with E-state index in [0.29, 0.717) is 12.2 Å². The van der Waals surface area contributed by atoms with Gasteiger partial charge >= 0.3 is 5.97 Å². The number of carbonyl (C=O) groups excluding carboxylic acids is 1. The molecule has 0 bridgehead atoms. The molecular formula is C5H10O3S. The first-order valence-corrected chi connectivity index (χ1v) is 3.65. The quantitative estimate of drug-likeness (QED) is 0.470. The van der Waals surface area contributed by atoms with E-state index in [1.54, 1.807) is 6.92 Å². The molecule has 9 heavy (non-hydrogen) atoms. The van der Waals surface area contributed by atoms with Crippen LogP contribution < -0.4 is 0 Å². The van der Waals surface area contributed by atoms with Crippen LogP contribution in [0.15, 0.2) is 0 Å². The Bertz CT molecular complexity index is 84.3. The predicted octanol–water partition coefficient (Wildman–Crippen LogP) is 0.580. The Morgan fingerprint density at radius 2 is 2.44 bits per heavy atom. The third-order valence-corrected chi connectivity index (χ3v) is 1.27. The second kappa shape index (κ2) is 5.91. The summed E-state index contributed by atoms with van der Waals surface area (Å²) in [5.74, 6) is 0.208. The lowest BCUT2D eigenvalue weighted by atomic mass is 10.5. The summed E-state index contributed by atoms with van der Waals surface area (Å²) in [6, 6.07) is 0. The number of rotatable bonds is 4. The maximum atomic E-state index is 10.4. The van der Waals surface area contributed by atoms with Gasteiger partial charge in [-0.1, -0.05) is 6.92 Å². The van der Waals surface area contributed by atoms with Gasteiger partial charge in [0.1, 0.15) is 0 Å². The van der Waals surface area contributed by atoms with E-state index in [-0.39, 0.29) is 12.6 Å². The summed E-state index contributed by atoms with van der Waals surface area (Å²) >= 11 is 0.986. The minimum absolute atomic E-state index is 0.0433. The second-order valence-electron chi connectivity index (χ2n) is 1.35. The molecule has 0 saturated carbocycles. The number of hydrogen-bond acceptors (Lipinski definition) is 4. The highest BCUT2D eigenvalue weighted by Crippen LogP contribution is 2.02. The summed E-state index contributed by atoms with van der Waals surface area (Å²) < 4.78 is 4.55. The van der Waals surface area contributed by atoms with Crippen molar-refractivity contribution in [2.45, 2.75) is 13.3 Å². The lowest BCUT2D eigenvalue weighted by Gasteiger charge is -1.96. The van der Waals surface area contributed by atoms with Gasteiger partial charge in [0, 0.05) is 6.42 Å². The fourth-order valence-electron chi connectivity index (χ4n) is 0.204. The zero-order valence-electron chi connectivity index (χ0n) is 5.29. The van der Waals surface area contributed by atoms with Crippen LogP contribution in [-0.2, 0) is 8.98 Å². The van der Waals surface area contributed by atoms with Crippen LogP contribution >= 0.6 is 12.0 Å². The monoisotopic (exact) mass is 150 g/mol. The van der Waals surface area contributed by atoms with Gasteiger partial charge in [0.05, 0.1) is 24.4 Å². The van der Waals surface area contributed by atoms with E-state index in [0.717, 1.165) is 12.0 Å². The van der Waals surface area contributed by atoms with Crippen molar-refractivity contribution >= 4 is 18.0 Å². The van der Waals surface area contributed by atoms with Crippen molar-refractivity contribution in [1.82, 2.24) is 0 Å². The highest BCUT2D eigenvalue weighted by molar-refractivity contribution is 7.95. The molecule has 0 aromatic rings. The molecule has 0 fully saturated rings. The van der Waals surface area contributed by atoms with Crippen LogP contribution in [0.25, 0.3) is 0 Å². The zero-order valence-corrected chi connectivity index (χ0v) is 6.11. The van der Waals surface area contributed by atoms with Crippen LogP contribution in [0.5, 0.6) is 0 Å². The van der Waals surface area contributed by atoms with Crippen molar-refractivity contribution in [3.63, 3.8) is 0 Å². The van der Waals surface area contributed by atoms with Crippen molar-refractivity contribution in [1.29, 1.82) is 0 Å². The molecule has 0 unspecified atom stereocenters. The minimum Gasteiger partial charge on any atom is -0.395 e. The zero-order chi connectivity index (χ0) is 7.11. The molecule has 0 aliphatic carbocycles. The van der Waals surface area contributed by atoms with E-state index in [2.05, 4.69) is 4.18 Å². The average molecular weight is 150 g/mol. The van der Waals surface area contributed by atoms with E-state index in [9.17, 15) is 4.79 Å². The maximum absolute atomic E-state index is 10.4. The molecule has 0 aromatic carbocycles. The number of carbonyl (C=O) groups is 1. The van der Waals surface area contributed by atoms with E-state index >= 15 is 0 Å². The molecule has 0 aromatic heterocycles. The second-order valence-corrected chi connectivity index (χ2v) is 2.17. The molecule has 0 aliphatic rings. The molecule has 0 saturated heterocycles. The lowest BCUT2D eigenvalue weighted by Crippen LogP contribution is -1.97. The van der Waals surface area contributed by atoms with Crippen LogP contribution in [0.4, 0.5) is 0 Å². The van der Waals surface area contributed by atoms with Gasteiger partial charge in [0.2, 0.25) is 0 Å². The Morgan fingerprint density at radius 3 is 2.89 bits per heavy atom. The van der Waals surface area contributed by atoms with Gasteiger partial charge < -0.3 is 9.29 Å². The number of hydrogen-bond donors (Lipinski definition) is 1. The van der Waals surface area contributed by atoms with Crippen molar-refractivity contribution in [3.05, 3.63) is 0 Å². The van der Waals surface area contributed by atoms with Crippen molar-refractivity contribution in [2.75, 3.05) is 12.4 Å². The van der Waals surface area contributed by atoms with Crippen LogP contribution in [0, 0.1) is 0 Å². The number of aliphatic hydroxyl groups excluding tert-OH is 1. The molecule has 3 nitrogen and oxygen atoms in total. The van der Waals surface area contributed by atoms with Crippen LogP contribution in [-0.4, -0.2) is 23.4 Å². The molecule has 4 heteroatoms. The molecule has 0 amide bonds.